The summed E-state index contributed by atoms with van der Waals surface area (Å²) in [5.41, 5.74) is 5.91. The Bertz CT molecular complexity index is 1320. The number of aromatic nitrogens is 3. The van der Waals surface area contributed by atoms with E-state index in [2.05, 4.69) is 5.32 Å². The van der Waals surface area contributed by atoms with Gasteiger partial charge < -0.3 is 14.8 Å². The number of carbonyl (C=O) groups is 1. The maximum absolute atomic E-state index is 12.5. The van der Waals surface area contributed by atoms with Crippen LogP contribution in [0.3, 0.4) is 0 Å². The van der Waals surface area contributed by atoms with Crippen LogP contribution < -0.4 is 14.8 Å². The van der Waals surface area contributed by atoms with Crippen LogP contribution in [0.1, 0.15) is 23.4 Å². The first-order valence-corrected chi connectivity index (χ1v) is 10.9. The molecule has 0 fully saturated rings. The Morgan fingerprint density at radius 2 is 1.82 bits per heavy atom. The van der Waals surface area contributed by atoms with Crippen LogP contribution in [0, 0.1) is 13.8 Å². The number of aryl methyl sites for hydroxylation is 2. The van der Waals surface area contributed by atoms with Gasteiger partial charge in [0.05, 0.1) is 19.9 Å². The fourth-order valence-corrected chi connectivity index (χ4v) is 3.95. The number of methoxy groups -OCH3 is 2. The van der Waals surface area contributed by atoms with Crippen LogP contribution in [0.2, 0.25) is 5.02 Å². The number of rotatable bonds is 7. The number of halogens is 1. The molecule has 0 saturated carbocycles. The molecule has 4 rings (SSSR count). The van der Waals surface area contributed by atoms with Gasteiger partial charge in [-0.3, -0.25) is 4.79 Å². The third kappa shape index (κ3) is 4.78. The molecule has 1 N–H and O–H groups in total. The van der Waals surface area contributed by atoms with Crippen LogP contribution in [-0.2, 0) is 11.2 Å². The Morgan fingerprint density at radius 1 is 1.06 bits per heavy atom. The highest BCUT2D eigenvalue weighted by molar-refractivity contribution is 6.30. The lowest BCUT2D eigenvalue weighted by Gasteiger charge is -2.11. The minimum absolute atomic E-state index is 0.0691. The zero-order valence-electron chi connectivity index (χ0n) is 19.0. The Balaban J connectivity index is 1.58. The van der Waals surface area contributed by atoms with Gasteiger partial charge >= 0.3 is 0 Å². The van der Waals surface area contributed by atoms with Gasteiger partial charge in [-0.15, -0.1) is 0 Å². The van der Waals surface area contributed by atoms with Crippen molar-refractivity contribution in [3.63, 3.8) is 0 Å². The SMILES string of the molecule is COc1ccc(-c2cc3nc(C)c(CCC(=O)Nc4ccc(Cl)cc4)c(C)n3n2)c(OC)c1. The van der Waals surface area contributed by atoms with Crippen molar-refractivity contribution in [1.29, 1.82) is 0 Å². The first kappa shape index (κ1) is 22.6. The summed E-state index contributed by atoms with van der Waals surface area (Å²) in [4.78, 5) is 17.2. The highest BCUT2D eigenvalue weighted by Crippen LogP contribution is 2.33. The second kappa shape index (κ2) is 9.50. The fraction of sp³-hybridized carbons (Fsp3) is 0.240. The van der Waals surface area contributed by atoms with Crippen LogP contribution >= 0.6 is 11.6 Å². The molecule has 0 aliphatic heterocycles. The third-order valence-electron chi connectivity index (χ3n) is 5.58. The van der Waals surface area contributed by atoms with E-state index in [1.54, 1.807) is 38.5 Å². The van der Waals surface area contributed by atoms with Crippen molar-refractivity contribution < 1.29 is 14.3 Å². The molecule has 8 heteroatoms. The molecule has 0 radical (unpaired) electrons. The number of nitrogens with zero attached hydrogens (tertiary/aromatic N) is 3. The lowest BCUT2D eigenvalue weighted by molar-refractivity contribution is -0.116. The summed E-state index contributed by atoms with van der Waals surface area (Å²) in [6.45, 7) is 3.95. The summed E-state index contributed by atoms with van der Waals surface area (Å²) in [6.07, 6.45) is 0.888. The number of benzene rings is 2. The molecular formula is C25H25ClN4O3. The minimum Gasteiger partial charge on any atom is -0.497 e. The minimum atomic E-state index is -0.0691. The highest BCUT2D eigenvalue weighted by atomic mass is 35.5. The van der Waals surface area contributed by atoms with Crippen LogP contribution in [0.25, 0.3) is 16.9 Å². The van der Waals surface area contributed by atoms with Crippen LogP contribution in [-0.4, -0.2) is 34.7 Å². The summed E-state index contributed by atoms with van der Waals surface area (Å²) in [6, 6.07) is 14.6. The second-order valence-corrected chi connectivity index (χ2v) is 8.12. The summed E-state index contributed by atoms with van der Waals surface area (Å²) in [5, 5.41) is 8.30. The van der Waals surface area contributed by atoms with Gasteiger partial charge in [-0.2, -0.15) is 5.10 Å². The van der Waals surface area contributed by atoms with Crippen molar-refractivity contribution in [3.8, 4) is 22.8 Å². The lowest BCUT2D eigenvalue weighted by atomic mass is 10.1. The summed E-state index contributed by atoms with van der Waals surface area (Å²) in [5.74, 6) is 1.32. The first-order chi connectivity index (χ1) is 15.9. The van der Waals surface area contributed by atoms with E-state index < -0.39 is 0 Å². The van der Waals surface area contributed by atoms with Crippen LogP contribution in [0.5, 0.6) is 11.5 Å². The summed E-state index contributed by atoms with van der Waals surface area (Å²) in [7, 11) is 3.24. The number of hydrogen-bond donors (Lipinski definition) is 1. The van der Waals surface area contributed by atoms with E-state index in [4.69, 9.17) is 31.2 Å². The van der Waals surface area contributed by atoms with Gasteiger partial charge in [-0.05, 0) is 62.2 Å². The number of nitrogens with one attached hydrogen (secondary N) is 1. The van der Waals surface area contributed by atoms with Gasteiger partial charge in [0.25, 0.3) is 0 Å². The zero-order chi connectivity index (χ0) is 23.5. The van der Waals surface area contributed by atoms with Gasteiger partial charge in [0.15, 0.2) is 5.65 Å². The van der Waals surface area contributed by atoms with E-state index in [1.807, 2.05) is 42.6 Å². The van der Waals surface area contributed by atoms with E-state index in [1.165, 1.54) is 0 Å². The Morgan fingerprint density at radius 3 is 2.52 bits per heavy atom. The van der Waals surface area contributed by atoms with Crippen LogP contribution in [0.15, 0.2) is 48.5 Å². The molecule has 0 aliphatic carbocycles. The molecule has 33 heavy (non-hydrogen) atoms. The lowest BCUT2D eigenvalue weighted by Crippen LogP contribution is -2.14. The smallest absolute Gasteiger partial charge is 0.224 e. The van der Waals surface area contributed by atoms with Crippen molar-refractivity contribution in [2.75, 3.05) is 19.5 Å². The molecule has 4 aromatic rings. The fourth-order valence-electron chi connectivity index (χ4n) is 3.83. The van der Waals surface area contributed by atoms with Crippen molar-refractivity contribution in [2.45, 2.75) is 26.7 Å². The molecule has 7 nitrogen and oxygen atoms in total. The molecule has 0 aliphatic rings. The van der Waals surface area contributed by atoms with Gasteiger partial charge in [0.2, 0.25) is 5.91 Å². The molecule has 0 bridgehead atoms. The quantitative estimate of drug-likeness (QED) is 0.404. The third-order valence-corrected chi connectivity index (χ3v) is 5.83. The van der Waals surface area contributed by atoms with Crippen molar-refractivity contribution >= 4 is 28.8 Å². The molecule has 0 unspecified atom stereocenters. The maximum Gasteiger partial charge on any atom is 0.224 e. The van der Waals surface area contributed by atoms with Gasteiger partial charge in [0, 0.05) is 46.2 Å². The largest absolute Gasteiger partial charge is 0.497 e. The maximum atomic E-state index is 12.5. The number of fused-ring (bicyclic) bond motifs is 1. The molecule has 2 aromatic heterocycles. The molecule has 0 atom stereocenters. The highest BCUT2D eigenvalue weighted by Gasteiger charge is 2.16. The number of carbonyl (C=O) groups excluding carboxylic acids is 1. The normalized spacial score (nSPS) is 10.9. The summed E-state index contributed by atoms with van der Waals surface area (Å²) < 4.78 is 12.6. The Kier molecular flexibility index (Phi) is 6.51. The van der Waals surface area contributed by atoms with E-state index >= 15 is 0 Å². The number of amides is 1. The van der Waals surface area contributed by atoms with Crippen molar-refractivity contribution in [3.05, 3.63) is 70.5 Å². The topological polar surface area (TPSA) is 77.8 Å². The molecule has 2 aromatic carbocycles. The van der Waals surface area contributed by atoms with Crippen molar-refractivity contribution in [2.24, 2.45) is 0 Å². The molecule has 170 valence electrons. The molecule has 0 spiro atoms. The average molecular weight is 465 g/mol. The standard InChI is InChI=1S/C25H25ClN4O3/c1-15-20(11-12-25(31)28-18-7-5-17(26)6-8-18)16(2)30-24(27-15)14-22(29-30)21-10-9-19(32-3)13-23(21)33-4/h5-10,13-14H,11-12H2,1-4H3,(H,28,31). The zero-order valence-corrected chi connectivity index (χ0v) is 19.7. The van der Waals surface area contributed by atoms with E-state index in [0.717, 1.165) is 39.5 Å². The van der Waals surface area contributed by atoms with Crippen LogP contribution in [0.4, 0.5) is 5.69 Å². The first-order valence-electron chi connectivity index (χ1n) is 10.5. The second-order valence-electron chi connectivity index (χ2n) is 7.68. The van der Waals surface area contributed by atoms with Gasteiger partial charge in [-0.25, -0.2) is 9.50 Å². The van der Waals surface area contributed by atoms with E-state index in [-0.39, 0.29) is 5.91 Å². The Labute approximate surface area is 197 Å². The van der Waals surface area contributed by atoms with E-state index in [0.29, 0.717) is 29.4 Å². The molecule has 1 amide bonds. The predicted molar refractivity (Wildman–Crippen MR) is 129 cm³/mol. The monoisotopic (exact) mass is 464 g/mol. The van der Waals surface area contributed by atoms with Gasteiger partial charge in [-0.1, -0.05) is 11.6 Å². The number of ether oxygens (including phenoxy) is 2. The van der Waals surface area contributed by atoms with Crippen molar-refractivity contribution in [1.82, 2.24) is 14.6 Å². The molecular weight excluding hydrogens is 440 g/mol. The summed E-state index contributed by atoms with van der Waals surface area (Å²) >= 11 is 5.90. The predicted octanol–water partition coefficient (Wildman–Crippen LogP) is 5.26. The van der Waals surface area contributed by atoms with E-state index in [9.17, 15) is 4.79 Å². The van der Waals surface area contributed by atoms with Gasteiger partial charge in [0.1, 0.15) is 11.5 Å². The number of hydrogen-bond acceptors (Lipinski definition) is 5. The molecule has 2 heterocycles. The number of anilines is 1. The molecule has 0 saturated heterocycles. The average Bonchev–Trinajstić information content (AvgIpc) is 3.23. The Hall–Kier alpha value is -3.58.